The molecule has 0 aliphatic rings. The summed E-state index contributed by atoms with van der Waals surface area (Å²) in [6.45, 7) is 6.96. The lowest BCUT2D eigenvalue weighted by Crippen LogP contribution is -2.39. The van der Waals surface area contributed by atoms with E-state index < -0.39 is 46.9 Å². The lowest BCUT2D eigenvalue weighted by molar-refractivity contribution is 0.176. The molecule has 0 fully saturated rings. The van der Waals surface area contributed by atoms with Gasteiger partial charge in [0.25, 0.3) is 11.1 Å². The summed E-state index contributed by atoms with van der Waals surface area (Å²) < 4.78 is 7.75. The van der Waals surface area contributed by atoms with E-state index in [2.05, 4.69) is 9.97 Å². The van der Waals surface area contributed by atoms with Gasteiger partial charge in [-0.25, -0.2) is 9.59 Å². The molecule has 0 radical (unpaired) electrons. The molecule has 0 amide bonds. The normalized spacial score (nSPS) is 14.6. The maximum absolute atomic E-state index is 13.5. The largest absolute Gasteiger partial charge is 0.392 e. The van der Waals surface area contributed by atoms with Gasteiger partial charge in [-0.2, -0.15) is 9.97 Å². The quantitative estimate of drug-likeness (QED) is 0.110. The van der Waals surface area contributed by atoms with E-state index in [4.69, 9.17) is 0 Å². The number of rotatable bonds is 14. The molecule has 4 N–H and O–H groups in total. The predicted octanol–water partition coefficient (Wildman–Crippen LogP) is -2.59. The van der Waals surface area contributed by atoms with Crippen molar-refractivity contribution in [2.75, 3.05) is 36.0 Å². The van der Waals surface area contributed by atoms with Crippen LogP contribution in [-0.4, -0.2) is 108 Å². The Labute approximate surface area is 269 Å². The van der Waals surface area contributed by atoms with Gasteiger partial charge in [0, 0.05) is 67.5 Å². The van der Waals surface area contributed by atoms with Crippen LogP contribution in [-0.2, 0) is 41.3 Å². The highest BCUT2D eigenvalue weighted by atomic mass is 16.3. The Bertz CT molecular complexity index is 1830. The zero-order chi connectivity index (χ0) is 35.1. The number of aliphatic hydroxyl groups is 4. The number of anilines is 2. The number of aromatic nitrogens is 8. The third kappa shape index (κ3) is 6.90. The highest BCUT2D eigenvalue weighted by Crippen LogP contribution is 2.24. The van der Waals surface area contributed by atoms with Gasteiger partial charge in [-0.3, -0.25) is 27.9 Å². The maximum Gasteiger partial charge on any atom is 0.332 e. The smallest absolute Gasteiger partial charge is 0.332 e. The average Bonchev–Trinajstić information content (AvgIpc) is 3.55. The Kier molecular flexibility index (Phi) is 10.5. The molecule has 0 bridgehead atoms. The van der Waals surface area contributed by atoms with E-state index in [0.29, 0.717) is 0 Å². The summed E-state index contributed by atoms with van der Waals surface area (Å²) in [5, 5.41) is 41.1. The molecule has 4 rings (SSSR count). The van der Waals surface area contributed by atoms with Crippen molar-refractivity contribution in [2.45, 2.75) is 71.6 Å². The number of aliphatic hydroxyl groups excluding tert-OH is 4. The summed E-state index contributed by atoms with van der Waals surface area (Å²) in [6.07, 6.45) is -2.98. The molecular formula is C29H46N10O8. The fraction of sp³-hybridized carbons (Fsp3) is 0.655. The van der Waals surface area contributed by atoms with Crippen LogP contribution in [0.4, 0.5) is 11.9 Å². The van der Waals surface area contributed by atoms with Crippen molar-refractivity contribution in [3.05, 3.63) is 41.7 Å². The van der Waals surface area contributed by atoms with E-state index in [9.17, 15) is 39.6 Å². The van der Waals surface area contributed by atoms with E-state index in [1.54, 1.807) is 46.6 Å². The molecule has 0 aliphatic carbocycles. The van der Waals surface area contributed by atoms with Crippen molar-refractivity contribution in [3.8, 4) is 0 Å². The third-order valence-electron chi connectivity index (χ3n) is 7.92. The molecule has 4 heterocycles. The Morgan fingerprint density at radius 3 is 1.13 bits per heavy atom. The number of hydrogen-bond donors (Lipinski definition) is 4. The SMILES string of the molecule is CC(O)CN(CC(C)O)c1nc2c(c(=O)n(C)c(=O)n2C)n1CCCn1c(N(CC(C)O)CC(C)O)nc2c1c(=O)n(C)c(=O)n2C. The van der Waals surface area contributed by atoms with Crippen molar-refractivity contribution in [1.82, 2.24) is 37.4 Å². The van der Waals surface area contributed by atoms with Crippen molar-refractivity contribution in [2.24, 2.45) is 28.2 Å². The van der Waals surface area contributed by atoms with E-state index in [1.165, 1.54) is 37.3 Å². The highest BCUT2D eigenvalue weighted by molar-refractivity contribution is 5.75. The van der Waals surface area contributed by atoms with Crippen LogP contribution in [0.5, 0.6) is 0 Å². The topological polar surface area (TPSA) is 211 Å². The van der Waals surface area contributed by atoms with Crippen LogP contribution in [0.1, 0.15) is 34.1 Å². The average molecular weight is 663 g/mol. The second-order valence-electron chi connectivity index (χ2n) is 12.4. The zero-order valence-corrected chi connectivity index (χ0v) is 28.2. The van der Waals surface area contributed by atoms with Crippen LogP contribution < -0.4 is 32.3 Å². The summed E-state index contributed by atoms with van der Waals surface area (Å²) in [7, 11) is 5.74. The number of nitrogens with zero attached hydrogens (tertiary/aromatic N) is 10. The van der Waals surface area contributed by atoms with Crippen molar-refractivity contribution >= 4 is 34.2 Å². The Balaban J connectivity index is 1.91. The minimum absolute atomic E-state index is 0.0799. The first-order valence-corrected chi connectivity index (χ1v) is 15.5. The van der Waals surface area contributed by atoms with Crippen LogP contribution >= 0.6 is 0 Å². The summed E-state index contributed by atoms with van der Waals surface area (Å²) in [6, 6.07) is 0. The standard InChI is InChI=1S/C29H46N10O8/c1-16(40)12-36(13-17(2)41)26-30-22-20(24(44)34(7)28(46)32(22)5)38(26)10-9-11-39-21-23(33(6)29(47)35(8)25(21)45)31-27(39)37(14-18(3)42)15-19(4)43/h16-19,40-43H,9-15H2,1-8H3. The Hall–Kier alpha value is -4.26. The maximum atomic E-state index is 13.5. The number of aryl methyl sites for hydroxylation is 4. The van der Waals surface area contributed by atoms with Crippen LogP contribution in [0.2, 0.25) is 0 Å². The lowest BCUT2D eigenvalue weighted by Gasteiger charge is -2.28. The van der Waals surface area contributed by atoms with Gasteiger partial charge in [0.05, 0.1) is 24.4 Å². The first kappa shape index (κ1) is 35.6. The molecule has 4 aromatic heterocycles. The van der Waals surface area contributed by atoms with E-state index >= 15 is 0 Å². The van der Waals surface area contributed by atoms with Crippen molar-refractivity contribution < 1.29 is 20.4 Å². The van der Waals surface area contributed by atoms with E-state index in [-0.39, 0.29) is 79.9 Å². The van der Waals surface area contributed by atoms with Gasteiger partial charge in [0.1, 0.15) is 0 Å². The molecule has 18 nitrogen and oxygen atoms in total. The molecule has 0 aromatic carbocycles. The molecule has 4 atom stereocenters. The number of imidazole rings is 2. The van der Waals surface area contributed by atoms with Gasteiger partial charge in [0.15, 0.2) is 22.3 Å². The van der Waals surface area contributed by atoms with Gasteiger partial charge in [-0.15, -0.1) is 0 Å². The van der Waals surface area contributed by atoms with Crippen molar-refractivity contribution in [1.29, 1.82) is 0 Å². The molecule has 18 heteroatoms. The van der Waals surface area contributed by atoms with E-state index in [1.807, 2.05) is 0 Å². The molecular weight excluding hydrogens is 616 g/mol. The van der Waals surface area contributed by atoms with Gasteiger partial charge in [-0.05, 0) is 34.1 Å². The van der Waals surface area contributed by atoms with Crippen LogP contribution in [0, 0.1) is 0 Å². The molecule has 4 aromatic rings. The second-order valence-corrected chi connectivity index (χ2v) is 12.4. The first-order chi connectivity index (χ1) is 22.0. The molecule has 0 saturated carbocycles. The molecule has 0 saturated heterocycles. The highest BCUT2D eigenvalue weighted by Gasteiger charge is 2.27. The lowest BCUT2D eigenvalue weighted by atomic mass is 10.3. The van der Waals surface area contributed by atoms with Gasteiger partial charge in [-0.1, -0.05) is 0 Å². The van der Waals surface area contributed by atoms with Crippen LogP contribution in [0.3, 0.4) is 0 Å². The minimum Gasteiger partial charge on any atom is -0.392 e. The van der Waals surface area contributed by atoms with Crippen molar-refractivity contribution in [3.63, 3.8) is 0 Å². The zero-order valence-electron chi connectivity index (χ0n) is 28.2. The Morgan fingerprint density at radius 1 is 0.553 bits per heavy atom. The summed E-state index contributed by atoms with van der Waals surface area (Å²) >= 11 is 0. The van der Waals surface area contributed by atoms with Crippen LogP contribution in [0.25, 0.3) is 22.3 Å². The summed E-state index contributed by atoms with van der Waals surface area (Å²) in [4.78, 5) is 65.2. The molecule has 47 heavy (non-hydrogen) atoms. The fourth-order valence-corrected chi connectivity index (χ4v) is 5.91. The molecule has 260 valence electrons. The Morgan fingerprint density at radius 2 is 0.851 bits per heavy atom. The molecule has 0 spiro atoms. The van der Waals surface area contributed by atoms with Gasteiger partial charge in [0.2, 0.25) is 11.9 Å². The first-order valence-electron chi connectivity index (χ1n) is 15.5. The van der Waals surface area contributed by atoms with Gasteiger partial charge >= 0.3 is 11.4 Å². The number of hydrogen-bond acceptors (Lipinski definition) is 12. The number of fused-ring (bicyclic) bond motifs is 2. The minimum atomic E-state index is -0.815. The third-order valence-corrected chi connectivity index (χ3v) is 7.92. The van der Waals surface area contributed by atoms with Gasteiger partial charge < -0.3 is 39.4 Å². The second kappa shape index (κ2) is 13.8. The molecule has 4 unspecified atom stereocenters. The monoisotopic (exact) mass is 662 g/mol. The van der Waals surface area contributed by atoms with E-state index in [0.717, 1.165) is 9.13 Å². The molecule has 0 aliphatic heterocycles. The summed E-state index contributed by atoms with van der Waals surface area (Å²) in [5.41, 5.74) is -1.73. The predicted molar refractivity (Wildman–Crippen MR) is 176 cm³/mol. The summed E-state index contributed by atoms with van der Waals surface area (Å²) in [5.74, 6) is 0.526. The fourth-order valence-electron chi connectivity index (χ4n) is 5.91. The van der Waals surface area contributed by atoms with Crippen LogP contribution in [0.15, 0.2) is 19.2 Å².